The normalized spacial score (nSPS) is 15.5. The molecule has 4 heterocycles. The van der Waals surface area contributed by atoms with Gasteiger partial charge in [-0.2, -0.15) is 0 Å². The SMILES string of the molecule is CCn1c(-c2cnccc2COC)c(CC(C)(C)COC(C)=O)c2cc(-c3cc(O)cc(C[C@H](NC(=O)[C@H](C(C)C)N(C)C(=O)OC4CNC4)C(=O)N4CCCCN4)c3)ccc21. The number of hydrogen-bond acceptors (Lipinski definition) is 11. The zero-order valence-corrected chi connectivity index (χ0v) is 37.4. The number of ether oxygens (including phenoxy) is 3. The summed E-state index contributed by atoms with van der Waals surface area (Å²) in [5.74, 6) is -1.41. The van der Waals surface area contributed by atoms with Crippen molar-refractivity contribution < 1.29 is 38.5 Å². The van der Waals surface area contributed by atoms with Gasteiger partial charge < -0.3 is 34.5 Å². The van der Waals surface area contributed by atoms with Crippen molar-refractivity contribution in [3.63, 3.8) is 0 Å². The molecule has 0 aliphatic carbocycles. The summed E-state index contributed by atoms with van der Waals surface area (Å²) < 4.78 is 19.0. The molecule has 0 radical (unpaired) electrons. The van der Waals surface area contributed by atoms with Gasteiger partial charge in [-0.1, -0.05) is 39.8 Å². The highest BCUT2D eigenvalue weighted by Crippen LogP contribution is 2.41. The number of nitrogens with one attached hydrogen (secondary N) is 3. The maximum atomic E-state index is 14.2. The Balaban J connectivity index is 1.39. The van der Waals surface area contributed by atoms with E-state index in [1.165, 1.54) is 11.8 Å². The summed E-state index contributed by atoms with van der Waals surface area (Å²) in [6, 6.07) is 11.5. The van der Waals surface area contributed by atoms with Crippen molar-refractivity contribution in [3.05, 3.63) is 71.5 Å². The lowest BCUT2D eigenvalue weighted by Gasteiger charge is -2.35. The summed E-state index contributed by atoms with van der Waals surface area (Å²) in [7, 11) is 3.21. The van der Waals surface area contributed by atoms with Gasteiger partial charge in [0.25, 0.3) is 5.91 Å². The molecule has 0 bridgehead atoms. The molecule has 2 aliphatic rings. The van der Waals surface area contributed by atoms with Crippen molar-refractivity contribution in [2.24, 2.45) is 11.3 Å². The third-order valence-corrected chi connectivity index (χ3v) is 11.6. The topological polar surface area (TPSA) is 177 Å². The van der Waals surface area contributed by atoms with Crippen LogP contribution >= 0.6 is 0 Å². The van der Waals surface area contributed by atoms with Gasteiger partial charge in [0.1, 0.15) is 23.9 Å². The molecule has 0 saturated carbocycles. The van der Waals surface area contributed by atoms with Gasteiger partial charge in [-0.3, -0.25) is 29.3 Å². The Kier molecular flexibility index (Phi) is 14.9. The predicted octanol–water partition coefficient (Wildman–Crippen LogP) is 5.59. The van der Waals surface area contributed by atoms with Gasteiger partial charge in [0.15, 0.2) is 0 Å². The second kappa shape index (κ2) is 20.1. The average Bonchev–Trinajstić information content (AvgIpc) is 3.52. The minimum absolute atomic E-state index is 0.00774. The van der Waals surface area contributed by atoms with E-state index in [0.29, 0.717) is 51.3 Å². The van der Waals surface area contributed by atoms with Crippen LogP contribution in [0.5, 0.6) is 5.75 Å². The summed E-state index contributed by atoms with van der Waals surface area (Å²) in [5.41, 5.74) is 9.96. The standard InChI is InChI=1S/C47H63N7O8/c1-9-53-41-13-12-32(22-37(41)38(23-47(5,6)28-61-30(4)55)43(53)39-26-48-16-14-33(39)27-60-8)34-18-31(19-35(56)21-34)20-40(45(58)54-17-11-10-15-50-54)51-44(57)42(29(2)3)52(7)46(59)62-36-24-49-25-36/h12-14,16,18-19,21-22,26,29,36,40,42,49-50,56H,9-11,15,17,20,23-25,27-28H2,1-8H3,(H,51,57)/t40-,42-/m0/s1. The molecular weight excluding hydrogens is 791 g/mol. The van der Waals surface area contributed by atoms with E-state index in [9.17, 15) is 24.3 Å². The number of nitrogens with zero attached hydrogens (tertiary/aromatic N) is 4. The molecule has 62 heavy (non-hydrogen) atoms. The molecule has 2 atom stereocenters. The molecule has 6 rings (SSSR count). The number of aromatic hydroxyl groups is 1. The molecule has 2 aromatic carbocycles. The number of hydrogen-bond donors (Lipinski definition) is 4. The molecule has 3 amide bonds. The molecular formula is C47H63N7O8. The van der Waals surface area contributed by atoms with E-state index >= 15 is 0 Å². The maximum Gasteiger partial charge on any atom is 0.410 e. The van der Waals surface area contributed by atoms with Crippen molar-refractivity contribution in [1.29, 1.82) is 0 Å². The molecule has 2 aliphatic heterocycles. The Morgan fingerprint density at radius 2 is 1.84 bits per heavy atom. The fraction of sp³-hybridized carbons (Fsp3) is 0.511. The first kappa shape index (κ1) is 46.0. The van der Waals surface area contributed by atoms with E-state index in [2.05, 4.69) is 58.5 Å². The average molecular weight is 854 g/mol. The van der Waals surface area contributed by atoms with Crippen LogP contribution in [0.3, 0.4) is 0 Å². The number of carbonyl (C=O) groups excluding carboxylic acids is 4. The van der Waals surface area contributed by atoms with Crippen molar-refractivity contribution >= 4 is 34.8 Å². The number of pyridine rings is 1. The Morgan fingerprint density at radius 1 is 1.06 bits per heavy atom. The first-order chi connectivity index (χ1) is 29.6. The number of phenols is 1. The second-order valence-electron chi connectivity index (χ2n) is 17.6. The van der Waals surface area contributed by atoms with E-state index in [0.717, 1.165) is 57.3 Å². The van der Waals surface area contributed by atoms with Crippen LogP contribution in [0, 0.1) is 11.3 Å². The van der Waals surface area contributed by atoms with Crippen LogP contribution in [0.25, 0.3) is 33.3 Å². The highest BCUT2D eigenvalue weighted by molar-refractivity contribution is 5.96. The summed E-state index contributed by atoms with van der Waals surface area (Å²) >= 11 is 0. The number of esters is 1. The summed E-state index contributed by atoms with van der Waals surface area (Å²) in [6.45, 7) is 14.9. The van der Waals surface area contributed by atoms with E-state index in [1.807, 2.05) is 38.2 Å². The molecule has 2 fully saturated rings. The molecule has 2 saturated heterocycles. The fourth-order valence-corrected chi connectivity index (χ4v) is 8.49. The van der Waals surface area contributed by atoms with Gasteiger partial charge in [-0.25, -0.2) is 10.2 Å². The summed E-state index contributed by atoms with van der Waals surface area (Å²) in [6.07, 6.45) is 5.16. The van der Waals surface area contributed by atoms with Crippen molar-refractivity contribution in [2.75, 3.05) is 46.9 Å². The first-order valence-electron chi connectivity index (χ1n) is 21.6. The van der Waals surface area contributed by atoms with Gasteiger partial charge in [0, 0.05) is 94.5 Å². The van der Waals surface area contributed by atoms with Gasteiger partial charge in [0.2, 0.25) is 5.91 Å². The first-order valence-corrected chi connectivity index (χ1v) is 21.6. The van der Waals surface area contributed by atoms with Gasteiger partial charge >= 0.3 is 12.1 Å². The Bertz CT molecular complexity index is 2240. The molecule has 15 heteroatoms. The third-order valence-electron chi connectivity index (χ3n) is 11.6. The number of rotatable bonds is 17. The van der Waals surface area contributed by atoms with Gasteiger partial charge in [0.05, 0.1) is 18.9 Å². The van der Waals surface area contributed by atoms with Gasteiger partial charge in [-0.05, 0) is 90.3 Å². The number of carbonyl (C=O) groups is 4. The van der Waals surface area contributed by atoms with E-state index in [1.54, 1.807) is 37.5 Å². The number of phenolic OH excluding ortho intramolecular Hbond substituents is 1. The lowest BCUT2D eigenvalue weighted by molar-refractivity contribution is -0.144. The molecule has 0 unspecified atom stereocenters. The number of hydrazine groups is 1. The van der Waals surface area contributed by atoms with Crippen molar-refractivity contribution in [2.45, 2.75) is 98.6 Å². The Labute approximate surface area is 364 Å². The van der Waals surface area contributed by atoms with E-state index in [4.69, 9.17) is 14.2 Å². The van der Waals surface area contributed by atoms with Crippen molar-refractivity contribution in [3.8, 4) is 28.1 Å². The van der Waals surface area contributed by atoms with Crippen LogP contribution in [0.2, 0.25) is 0 Å². The zero-order valence-electron chi connectivity index (χ0n) is 37.4. The van der Waals surface area contributed by atoms with Crippen LogP contribution < -0.4 is 16.1 Å². The minimum atomic E-state index is -1.01. The number of amides is 3. The smallest absolute Gasteiger partial charge is 0.410 e. The van der Waals surface area contributed by atoms with Crippen molar-refractivity contribution in [1.82, 2.24) is 35.5 Å². The predicted molar refractivity (Wildman–Crippen MR) is 237 cm³/mol. The van der Waals surface area contributed by atoms with Crippen LogP contribution in [-0.2, 0) is 54.6 Å². The molecule has 4 aromatic rings. The molecule has 15 nitrogen and oxygen atoms in total. The van der Waals surface area contributed by atoms with E-state index < -0.39 is 29.5 Å². The summed E-state index contributed by atoms with van der Waals surface area (Å²) in [4.78, 5) is 59.2. The van der Waals surface area contributed by atoms with Gasteiger partial charge in [-0.15, -0.1) is 0 Å². The monoisotopic (exact) mass is 853 g/mol. The molecule has 0 spiro atoms. The molecule has 2 aromatic heterocycles. The number of methoxy groups -OCH3 is 1. The van der Waals surface area contributed by atoms with E-state index in [-0.39, 0.29) is 42.7 Å². The number of aromatic nitrogens is 2. The van der Waals surface area contributed by atoms with Crippen LogP contribution in [0.4, 0.5) is 4.79 Å². The zero-order chi connectivity index (χ0) is 44.7. The van der Waals surface area contributed by atoms with Crippen LogP contribution in [0.15, 0.2) is 54.9 Å². The highest BCUT2D eigenvalue weighted by atomic mass is 16.6. The fourth-order valence-electron chi connectivity index (χ4n) is 8.49. The number of likely N-dealkylation sites (N-methyl/N-ethyl adjacent to an activating group) is 1. The Morgan fingerprint density at radius 3 is 2.48 bits per heavy atom. The highest BCUT2D eigenvalue weighted by Gasteiger charge is 2.36. The lowest BCUT2D eigenvalue weighted by atomic mass is 9.84. The maximum absolute atomic E-state index is 14.2. The lowest BCUT2D eigenvalue weighted by Crippen LogP contribution is -2.60. The molecule has 334 valence electrons. The van der Waals surface area contributed by atoms with Crippen LogP contribution in [-0.4, -0.2) is 114 Å². The number of fused-ring (bicyclic) bond motifs is 1. The minimum Gasteiger partial charge on any atom is -0.508 e. The third kappa shape index (κ3) is 10.7. The second-order valence-corrected chi connectivity index (χ2v) is 17.6. The summed E-state index contributed by atoms with van der Waals surface area (Å²) in [5, 5.41) is 19.9. The van der Waals surface area contributed by atoms with Crippen LogP contribution in [0.1, 0.15) is 71.1 Å². The number of benzene rings is 2. The quantitative estimate of drug-likeness (QED) is 0.0975. The number of aryl methyl sites for hydroxylation is 1. The molecule has 4 N–H and O–H groups in total. The Hall–Kier alpha value is -5.51. The largest absolute Gasteiger partial charge is 0.508 e.